The van der Waals surface area contributed by atoms with E-state index in [1.54, 1.807) is 30.3 Å². The number of hydrogen-bond acceptors (Lipinski definition) is 8. The van der Waals surface area contributed by atoms with Gasteiger partial charge in [0.1, 0.15) is 18.3 Å². The molecule has 1 heterocycles. The molecule has 0 fully saturated rings. The van der Waals surface area contributed by atoms with Gasteiger partial charge in [-0.1, -0.05) is 30.3 Å². The van der Waals surface area contributed by atoms with Gasteiger partial charge in [-0.2, -0.15) is 0 Å². The molecule has 0 radical (unpaired) electrons. The molecule has 1 aliphatic heterocycles. The molecule has 12 heteroatoms. The Hall–Kier alpha value is -2.77. The van der Waals surface area contributed by atoms with E-state index in [0.717, 1.165) is 18.4 Å². The fourth-order valence-electron chi connectivity index (χ4n) is 2.94. The maximum Gasteiger partial charge on any atom is 0.370 e. The Morgan fingerprint density at radius 2 is 1.87 bits per heavy atom. The zero-order valence-electron chi connectivity index (χ0n) is 16.5. The van der Waals surface area contributed by atoms with E-state index >= 15 is 0 Å². The van der Waals surface area contributed by atoms with E-state index in [2.05, 4.69) is 10.0 Å². The first-order valence-corrected chi connectivity index (χ1v) is 10.7. The molecule has 11 nitrogen and oxygen atoms in total. The van der Waals surface area contributed by atoms with Gasteiger partial charge in [0.2, 0.25) is 21.7 Å². The lowest BCUT2D eigenvalue weighted by molar-refractivity contribution is -0.146. The molecule has 1 aromatic carbocycles. The smallest absolute Gasteiger partial charge is 0.370 e. The molecule has 0 aliphatic carbocycles. The molecule has 0 aromatic heterocycles. The van der Waals surface area contributed by atoms with E-state index in [0.29, 0.717) is 5.56 Å². The lowest BCUT2D eigenvalue weighted by Crippen LogP contribution is -2.63. The number of nitrogens with one attached hydrogen (secondary N) is 2. The first-order chi connectivity index (χ1) is 14.5. The number of ether oxygens (including phenoxy) is 1. The van der Waals surface area contributed by atoms with Gasteiger partial charge >= 0.3 is 5.97 Å². The Balaban J connectivity index is 2.39. The third-order valence-electron chi connectivity index (χ3n) is 4.37. The third-order valence-corrected chi connectivity index (χ3v) is 5.47. The molecule has 1 amide bonds. The fourth-order valence-corrected chi connectivity index (χ4v) is 3.95. The highest BCUT2D eigenvalue weighted by atomic mass is 32.2. The van der Waals surface area contributed by atoms with Crippen molar-refractivity contribution in [2.75, 3.05) is 6.61 Å². The maximum atomic E-state index is 12.6. The van der Waals surface area contributed by atoms with Crippen LogP contribution in [-0.2, 0) is 24.3 Å². The zero-order chi connectivity index (χ0) is 23.2. The van der Waals surface area contributed by atoms with Crippen LogP contribution in [0.3, 0.4) is 0 Å². The number of carbonyl (C=O) groups excluding carboxylic acids is 1. The molecule has 170 valence electrons. The quantitative estimate of drug-likeness (QED) is 0.258. The predicted molar refractivity (Wildman–Crippen MR) is 109 cm³/mol. The van der Waals surface area contributed by atoms with Gasteiger partial charge in [-0.25, -0.2) is 17.9 Å². The summed E-state index contributed by atoms with van der Waals surface area (Å²) in [6, 6.07) is 5.89. The van der Waals surface area contributed by atoms with Crippen molar-refractivity contribution >= 4 is 28.0 Å². The molecule has 6 N–H and O–H groups in total. The molecule has 1 aliphatic rings. The Morgan fingerprint density at radius 3 is 2.42 bits per heavy atom. The van der Waals surface area contributed by atoms with Crippen LogP contribution in [0.4, 0.5) is 0 Å². The van der Waals surface area contributed by atoms with Crippen molar-refractivity contribution < 1.29 is 43.2 Å². The van der Waals surface area contributed by atoms with Crippen LogP contribution in [0.2, 0.25) is 0 Å². The van der Waals surface area contributed by atoms with E-state index < -0.39 is 64.7 Å². The summed E-state index contributed by atoms with van der Waals surface area (Å²) in [5.74, 6) is -2.88. The molecule has 0 bridgehead atoms. The first-order valence-electron chi connectivity index (χ1n) is 9.15. The molecule has 1 unspecified atom stereocenters. The van der Waals surface area contributed by atoms with Crippen LogP contribution in [0.15, 0.2) is 47.6 Å². The summed E-state index contributed by atoms with van der Waals surface area (Å²) in [6.45, 7) is 0.249. The zero-order valence-corrected chi connectivity index (χ0v) is 17.3. The van der Waals surface area contributed by atoms with E-state index in [4.69, 9.17) is 9.84 Å². The van der Waals surface area contributed by atoms with Crippen molar-refractivity contribution in [1.82, 2.24) is 10.0 Å². The summed E-state index contributed by atoms with van der Waals surface area (Å²) >= 11 is 0. The topological polar surface area (TPSA) is 182 Å². The minimum atomic E-state index is -4.14. The van der Waals surface area contributed by atoms with Gasteiger partial charge < -0.3 is 30.5 Å². The van der Waals surface area contributed by atoms with Crippen LogP contribution in [0, 0.1) is 0 Å². The Kier molecular flexibility index (Phi) is 8.30. The molecule has 2 rings (SSSR count). The van der Waals surface area contributed by atoms with Crippen molar-refractivity contribution in [3.8, 4) is 0 Å². The Labute approximate surface area is 178 Å². The highest BCUT2D eigenvalue weighted by Gasteiger charge is 2.44. The van der Waals surface area contributed by atoms with Gasteiger partial charge in [-0.15, -0.1) is 0 Å². The summed E-state index contributed by atoms with van der Waals surface area (Å²) in [5, 5.41) is 41.7. The van der Waals surface area contributed by atoms with Crippen LogP contribution in [0.25, 0.3) is 6.08 Å². The van der Waals surface area contributed by atoms with E-state index in [9.17, 15) is 33.3 Å². The molecular formula is C19H24N2O9S. The van der Waals surface area contributed by atoms with Crippen molar-refractivity contribution in [3.05, 3.63) is 53.1 Å². The summed E-state index contributed by atoms with van der Waals surface area (Å²) in [6.07, 6.45) is -2.89. The summed E-state index contributed by atoms with van der Waals surface area (Å²) < 4.78 is 32.6. The average Bonchev–Trinajstić information content (AvgIpc) is 2.72. The van der Waals surface area contributed by atoms with Gasteiger partial charge in [0, 0.05) is 12.3 Å². The van der Waals surface area contributed by atoms with Crippen LogP contribution >= 0.6 is 0 Å². The number of carboxylic acids is 1. The number of carbonyl (C=O) groups is 2. The lowest BCUT2D eigenvalue weighted by atomic mass is 9.92. The third kappa shape index (κ3) is 6.87. The highest BCUT2D eigenvalue weighted by molar-refractivity contribution is 7.92. The van der Waals surface area contributed by atoms with E-state index in [1.807, 2.05) is 0 Å². The number of benzene rings is 1. The second kappa shape index (κ2) is 10.5. The number of aliphatic hydroxyl groups excluding tert-OH is 3. The molecule has 31 heavy (non-hydrogen) atoms. The standard InChI is InChI=1S/C19H24N2O9S/c1-11(23)20-16-13(21-31(28,29)8-7-12-5-3-2-4-6-12)9-15(19(26)27)30-18(16)17(25)14(24)10-22/h2-9,13-14,16-18,21-22,24-25H,10H2,1H3,(H,20,23)(H,26,27)/b8-7+/t13-,14?,16+,17+,18+/m0/s1. The van der Waals surface area contributed by atoms with Crippen LogP contribution in [0.1, 0.15) is 12.5 Å². The number of hydrogen-bond donors (Lipinski definition) is 6. The first kappa shape index (κ1) is 24.5. The number of rotatable bonds is 9. The summed E-state index contributed by atoms with van der Waals surface area (Å²) in [7, 11) is -4.14. The van der Waals surface area contributed by atoms with E-state index in [-0.39, 0.29) is 0 Å². The van der Waals surface area contributed by atoms with Crippen molar-refractivity contribution in [2.45, 2.75) is 37.3 Å². The van der Waals surface area contributed by atoms with Crippen LogP contribution < -0.4 is 10.0 Å². The minimum absolute atomic E-state index is 0.597. The molecule has 1 aromatic rings. The van der Waals surface area contributed by atoms with Crippen molar-refractivity contribution in [2.24, 2.45) is 0 Å². The Bertz CT molecular complexity index is 946. The van der Waals surface area contributed by atoms with Gasteiger partial charge in [0.05, 0.1) is 18.7 Å². The predicted octanol–water partition coefficient (Wildman–Crippen LogP) is -1.47. The van der Waals surface area contributed by atoms with Gasteiger partial charge in [-0.3, -0.25) is 4.79 Å². The summed E-state index contributed by atoms with van der Waals surface area (Å²) in [4.78, 5) is 23.1. The number of carboxylic acid groups (broad SMARTS) is 1. The molecule has 0 saturated carbocycles. The summed E-state index contributed by atoms with van der Waals surface area (Å²) in [5.41, 5.74) is 0.597. The van der Waals surface area contributed by atoms with Crippen molar-refractivity contribution in [3.63, 3.8) is 0 Å². The normalized spacial score (nSPS) is 23.5. The number of amides is 1. The minimum Gasteiger partial charge on any atom is -0.478 e. The lowest BCUT2D eigenvalue weighted by Gasteiger charge is -2.39. The largest absolute Gasteiger partial charge is 0.478 e. The second-order valence-electron chi connectivity index (χ2n) is 6.79. The van der Waals surface area contributed by atoms with E-state index in [1.165, 1.54) is 6.08 Å². The SMILES string of the molecule is CC(=O)N[C@H]1[C@H]([C@H](O)C(O)CO)OC(C(=O)O)=C[C@@H]1NS(=O)(=O)/C=C/c1ccccc1. The van der Waals surface area contributed by atoms with Crippen LogP contribution in [0.5, 0.6) is 0 Å². The molecule has 5 atom stereocenters. The number of aliphatic carboxylic acids is 1. The highest BCUT2D eigenvalue weighted by Crippen LogP contribution is 2.24. The fraction of sp³-hybridized carbons (Fsp3) is 0.368. The maximum absolute atomic E-state index is 12.6. The van der Waals surface area contributed by atoms with Crippen molar-refractivity contribution in [1.29, 1.82) is 0 Å². The molecular weight excluding hydrogens is 432 g/mol. The second-order valence-corrected chi connectivity index (χ2v) is 8.39. The van der Waals surface area contributed by atoms with Gasteiger partial charge in [0.15, 0.2) is 0 Å². The van der Waals surface area contributed by atoms with Gasteiger partial charge in [-0.05, 0) is 17.7 Å². The number of sulfonamides is 1. The van der Waals surface area contributed by atoms with Crippen LogP contribution in [-0.4, -0.2) is 77.7 Å². The molecule has 0 spiro atoms. The number of aliphatic hydroxyl groups is 3. The monoisotopic (exact) mass is 456 g/mol. The molecule has 0 saturated heterocycles. The average molecular weight is 456 g/mol. The Morgan fingerprint density at radius 1 is 1.23 bits per heavy atom. The van der Waals surface area contributed by atoms with Gasteiger partial charge in [0.25, 0.3) is 0 Å².